The molecular weight excluding hydrogens is 450 g/mol. The fourth-order valence-electron chi connectivity index (χ4n) is 3.26. The molecule has 0 saturated carbocycles. The van der Waals surface area contributed by atoms with Gasteiger partial charge in [-0.25, -0.2) is 0 Å². The summed E-state index contributed by atoms with van der Waals surface area (Å²) in [6, 6.07) is 15.5. The summed E-state index contributed by atoms with van der Waals surface area (Å²) in [4.78, 5) is 25.0. The fraction of sp³-hybridized carbons (Fsp3) is 0.385. The molecule has 0 bridgehead atoms. The van der Waals surface area contributed by atoms with Gasteiger partial charge in [0.25, 0.3) is 5.91 Å². The van der Waals surface area contributed by atoms with Crippen molar-refractivity contribution in [2.75, 3.05) is 11.1 Å². The quantitative estimate of drug-likeness (QED) is 0.149. The van der Waals surface area contributed by atoms with Crippen LogP contribution in [0.5, 0.6) is 0 Å². The molecular formula is C26H31N3O2S2. The standard InChI is InChI=1S/C26H31N3O2S2/c1-5-6-7-8-18-9-11-19(12-10-18)22(30)17-32-25-29-28-24(33-25)27-23(31)20-13-15-21(16-14-20)26(2,3)4/h9-16H,5-8,17H2,1-4H3,(H,27,28,31). The van der Waals surface area contributed by atoms with E-state index in [0.717, 1.165) is 6.42 Å². The van der Waals surface area contributed by atoms with Gasteiger partial charge in [0.05, 0.1) is 5.75 Å². The molecule has 2 aromatic carbocycles. The molecule has 0 saturated heterocycles. The first kappa shape index (κ1) is 25.1. The van der Waals surface area contributed by atoms with Crippen LogP contribution in [0.3, 0.4) is 0 Å². The van der Waals surface area contributed by atoms with Gasteiger partial charge >= 0.3 is 0 Å². The third-order valence-corrected chi connectivity index (χ3v) is 7.28. The highest BCUT2D eigenvalue weighted by Gasteiger charge is 2.16. The minimum Gasteiger partial charge on any atom is -0.296 e. The monoisotopic (exact) mass is 481 g/mol. The van der Waals surface area contributed by atoms with Gasteiger partial charge in [0.1, 0.15) is 0 Å². The van der Waals surface area contributed by atoms with E-state index in [-0.39, 0.29) is 22.9 Å². The summed E-state index contributed by atoms with van der Waals surface area (Å²) in [5.41, 5.74) is 3.75. The lowest BCUT2D eigenvalue weighted by Gasteiger charge is -2.18. The van der Waals surface area contributed by atoms with Gasteiger partial charge in [0.15, 0.2) is 10.1 Å². The van der Waals surface area contributed by atoms with Crippen molar-refractivity contribution < 1.29 is 9.59 Å². The van der Waals surface area contributed by atoms with Crippen molar-refractivity contribution in [2.24, 2.45) is 0 Å². The highest BCUT2D eigenvalue weighted by Crippen LogP contribution is 2.27. The smallest absolute Gasteiger partial charge is 0.257 e. The number of aromatic nitrogens is 2. The highest BCUT2D eigenvalue weighted by atomic mass is 32.2. The van der Waals surface area contributed by atoms with Gasteiger partial charge in [-0.3, -0.25) is 14.9 Å². The zero-order valence-electron chi connectivity index (χ0n) is 19.7. The first-order chi connectivity index (χ1) is 15.8. The Hall–Kier alpha value is -2.51. The fourth-order valence-corrected chi connectivity index (χ4v) is 4.90. The number of unbranched alkanes of at least 4 members (excludes halogenated alkanes) is 2. The van der Waals surface area contributed by atoms with Crippen LogP contribution in [0.2, 0.25) is 0 Å². The zero-order valence-corrected chi connectivity index (χ0v) is 21.3. The molecule has 0 spiro atoms. The van der Waals surface area contributed by atoms with Crippen LogP contribution < -0.4 is 5.32 Å². The molecule has 33 heavy (non-hydrogen) atoms. The summed E-state index contributed by atoms with van der Waals surface area (Å²) in [5.74, 6) is 0.115. The molecule has 1 aromatic heterocycles. The number of aryl methyl sites for hydroxylation is 1. The van der Waals surface area contributed by atoms with E-state index in [0.29, 0.717) is 20.6 Å². The van der Waals surface area contributed by atoms with Crippen molar-refractivity contribution in [3.8, 4) is 0 Å². The van der Waals surface area contributed by atoms with Crippen LogP contribution in [-0.4, -0.2) is 27.6 Å². The van der Waals surface area contributed by atoms with Crippen LogP contribution in [0.25, 0.3) is 0 Å². The van der Waals surface area contributed by atoms with Crippen LogP contribution in [0.15, 0.2) is 52.9 Å². The Balaban J connectivity index is 1.50. The minimum absolute atomic E-state index is 0.0362. The van der Waals surface area contributed by atoms with Crippen molar-refractivity contribution >= 4 is 39.9 Å². The maximum atomic E-state index is 12.5. The van der Waals surface area contributed by atoms with E-state index in [1.165, 1.54) is 53.5 Å². The topological polar surface area (TPSA) is 72.0 Å². The Bertz CT molecular complexity index is 1070. The molecule has 1 heterocycles. The maximum Gasteiger partial charge on any atom is 0.257 e. The van der Waals surface area contributed by atoms with E-state index in [9.17, 15) is 9.59 Å². The van der Waals surface area contributed by atoms with Crippen LogP contribution >= 0.6 is 23.1 Å². The molecule has 3 aromatic rings. The Kier molecular flexibility index (Phi) is 8.80. The lowest BCUT2D eigenvalue weighted by Crippen LogP contribution is -2.14. The lowest BCUT2D eigenvalue weighted by molar-refractivity contribution is 0.101. The zero-order chi connectivity index (χ0) is 23.8. The van der Waals surface area contributed by atoms with Gasteiger partial charge in [-0.1, -0.05) is 100 Å². The van der Waals surface area contributed by atoms with Crippen molar-refractivity contribution in [3.63, 3.8) is 0 Å². The van der Waals surface area contributed by atoms with Gasteiger partial charge < -0.3 is 0 Å². The molecule has 0 aliphatic heterocycles. The number of thioether (sulfide) groups is 1. The summed E-state index contributed by atoms with van der Waals surface area (Å²) >= 11 is 2.61. The summed E-state index contributed by atoms with van der Waals surface area (Å²) < 4.78 is 0.651. The molecule has 7 heteroatoms. The average Bonchev–Trinajstić information content (AvgIpc) is 3.25. The number of Topliss-reactive ketones (excluding diaryl/α,β-unsaturated/α-hetero) is 1. The molecule has 1 amide bonds. The van der Waals surface area contributed by atoms with Crippen LogP contribution in [0.4, 0.5) is 5.13 Å². The Morgan fingerprint density at radius 3 is 2.24 bits per heavy atom. The van der Waals surface area contributed by atoms with Gasteiger partial charge in [-0.05, 0) is 41.5 Å². The van der Waals surface area contributed by atoms with E-state index in [2.05, 4.69) is 43.2 Å². The molecule has 174 valence electrons. The summed E-state index contributed by atoms with van der Waals surface area (Å²) in [6.45, 7) is 8.60. The molecule has 0 unspecified atom stereocenters. The van der Waals surface area contributed by atoms with Crippen molar-refractivity contribution in [2.45, 2.75) is 63.1 Å². The third kappa shape index (κ3) is 7.51. The molecule has 0 aliphatic carbocycles. The first-order valence-electron chi connectivity index (χ1n) is 11.3. The largest absolute Gasteiger partial charge is 0.296 e. The summed E-state index contributed by atoms with van der Waals surface area (Å²) in [6.07, 6.45) is 4.66. The predicted molar refractivity (Wildman–Crippen MR) is 138 cm³/mol. The summed E-state index contributed by atoms with van der Waals surface area (Å²) in [5, 5.41) is 11.3. The first-order valence-corrected chi connectivity index (χ1v) is 13.1. The Morgan fingerprint density at radius 2 is 1.61 bits per heavy atom. The van der Waals surface area contributed by atoms with Crippen molar-refractivity contribution in [1.82, 2.24) is 10.2 Å². The predicted octanol–water partition coefficient (Wildman–Crippen LogP) is 6.80. The molecule has 1 N–H and O–H groups in total. The van der Waals surface area contributed by atoms with Gasteiger partial charge in [-0.15, -0.1) is 10.2 Å². The number of ketones is 1. The van der Waals surface area contributed by atoms with Crippen molar-refractivity contribution in [1.29, 1.82) is 0 Å². The van der Waals surface area contributed by atoms with Gasteiger partial charge in [0.2, 0.25) is 5.13 Å². The Morgan fingerprint density at radius 1 is 0.939 bits per heavy atom. The number of carbonyl (C=O) groups excluding carboxylic acids is 2. The number of carbonyl (C=O) groups is 2. The van der Waals surface area contributed by atoms with Gasteiger partial charge in [-0.2, -0.15) is 0 Å². The average molecular weight is 482 g/mol. The molecule has 0 fully saturated rings. The van der Waals surface area contributed by atoms with E-state index >= 15 is 0 Å². The van der Waals surface area contributed by atoms with Crippen LogP contribution in [0, 0.1) is 0 Å². The van der Waals surface area contributed by atoms with E-state index in [1.54, 1.807) is 0 Å². The number of nitrogens with one attached hydrogen (secondary N) is 1. The molecule has 5 nitrogen and oxygen atoms in total. The van der Waals surface area contributed by atoms with Crippen LogP contribution in [0.1, 0.15) is 78.8 Å². The molecule has 0 atom stereocenters. The normalized spacial score (nSPS) is 11.4. The Labute approximate surface area is 204 Å². The van der Waals surface area contributed by atoms with E-state index in [1.807, 2.05) is 48.5 Å². The van der Waals surface area contributed by atoms with Crippen LogP contribution in [-0.2, 0) is 11.8 Å². The number of benzene rings is 2. The second-order valence-corrected chi connectivity index (χ2v) is 11.2. The third-order valence-electron chi connectivity index (χ3n) is 5.31. The second kappa shape index (κ2) is 11.6. The number of hydrogen-bond acceptors (Lipinski definition) is 6. The van der Waals surface area contributed by atoms with E-state index < -0.39 is 0 Å². The maximum absolute atomic E-state index is 12.5. The summed E-state index contributed by atoms with van der Waals surface area (Å²) in [7, 11) is 0. The molecule has 0 aliphatic rings. The van der Waals surface area contributed by atoms with Crippen molar-refractivity contribution in [3.05, 3.63) is 70.8 Å². The number of amides is 1. The molecule has 3 rings (SSSR count). The van der Waals surface area contributed by atoms with Gasteiger partial charge in [0, 0.05) is 11.1 Å². The number of nitrogens with zero attached hydrogens (tertiary/aromatic N) is 2. The minimum atomic E-state index is -0.224. The molecule has 0 radical (unpaired) electrons. The SMILES string of the molecule is CCCCCc1ccc(C(=O)CSc2nnc(NC(=O)c3ccc(C(C)(C)C)cc3)s2)cc1. The van der Waals surface area contributed by atoms with E-state index in [4.69, 9.17) is 0 Å². The lowest BCUT2D eigenvalue weighted by atomic mass is 9.87. The highest BCUT2D eigenvalue weighted by molar-refractivity contribution is 8.01. The number of rotatable bonds is 10. The number of anilines is 1. The second-order valence-electron chi connectivity index (χ2n) is 9.02. The number of hydrogen-bond donors (Lipinski definition) is 1.